The smallest absolute Gasteiger partial charge is 0.255 e. The molecular weight excluding hydrogens is 246 g/mol. The van der Waals surface area contributed by atoms with Crippen molar-refractivity contribution in [1.82, 2.24) is 5.32 Å². The predicted molar refractivity (Wildman–Crippen MR) is 70.8 cm³/mol. The minimum Gasteiger partial charge on any atom is -0.484 e. The van der Waals surface area contributed by atoms with Crippen molar-refractivity contribution >= 4 is 17.5 Å². The summed E-state index contributed by atoms with van der Waals surface area (Å²) in [4.78, 5) is 22.4. The molecule has 1 heterocycles. The summed E-state index contributed by atoms with van der Waals surface area (Å²) in [6, 6.07) is 6.71. The van der Waals surface area contributed by atoms with Crippen LogP contribution in [0.15, 0.2) is 24.3 Å². The molecule has 1 fully saturated rings. The highest BCUT2D eigenvalue weighted by atomic mass is 16.5. The first-order chi connectivity index (χ1) is 9.15. The normalized spacial score (nSPS) is 18.0. The predicted octanol–water partition coefficient (Wildman–Crippen LogP) is 0.241. The Morgan fingerprint density at radius 1 is 1.37 bits per heavy atom. The lowest BCUT2D eigenvalue weighted by Crippen LogP contribution is -2.35. The fraction of sp³-hybridized carbons (Fsp3) is 0.385. The van der Waals surface area contributed by atoms with E-state index in [1.54, 1.807) is 24.3 Å². The van der Waals surface area contributed by atoms with Gasteiger partial charge in [-0.1, -0.05) is 0 Å². The van der Waals surface area contributed by atoms with E-state index in [4.69, 9.17) is 10.5 Å². The van der Waals surface area contributed by atoms with Crippen molar-refractivity contribution in [1.29, 1.82) is 0 Å². The highest BCUT2D eigenvalue weighted by molar-refractivity contribution is 5.95. The van der Waals surface area contributed by atoms with E-state index >= 15 is 0 Å². The van der Waals surface area contributed by atoms with Crippen molar-refractivity contribution in [3.8, 4) is 5.75 Å². The lowest BCUT2D eigenvalue weighted by atomic mass is 10.2. The molecular formula is C13H17N3O3. The lowest BCUT2D eigenvalue weighted by Gasteiger charge is -2.11. The van der Waals surface area contributed by atoms with Crippen LogP contribution in [-0.4, -0.2) is 31.0 Å². The number of benzene rings is 1. The highest BCUT2D eigenvalue weighted by Gasteiger charge is 2.21. The van der Waals surface area contributed by atoms with E-state index in [9.17, 15) is 9.59 Å². The quantitative estimate of drug-likeness (QED) is 0.709. The zero-order valence-corrected chi connectivity index (χ0v) is 10.5. The maximum atomic E-state index is 11.8. The Hall–Kier alpha value is -2.08. The van der Waals surface area contributed by atoms with E-state index in [1.807, 2.05) is 0 Å². The van der Waals surface area contributed by atoms with E-state index in [-0.39, 0.29) is 18.6 Å². The molecule has 1 atom stereocenters. The van der Waals surface area contributed by atoms with Gasteiger partial charge in [-0.25, -0.2) is 0 Å². The number of ether oxygens (including phenoxy) is 1. The van der Waals surface area contributed by atoms with E-state index in [1.165, 1.54) is 0 Å². The molecule has 1 unspecified atom stereocenters. The Morgan fingerprint density at radius 3 is 2.68 bits per heavy atom. The molecule has 0 saturated carbocycles. The van der Waals surface area contributed by atoms with E-state index < -0.39 is 5.91 Å². The first-order valence-corrected chi connectivity index (χ1v) is 6.20. The molecule has 0 spiro atoms. The number of nitrogens with one attached hydrogen (secondary N) is 2. The van der Waals surface area contributed by atoms with E-state index in [0.29, 0.717) is 11.4 Å². The molecule has 102 valence electrons. The van der Waals surface area contributed by atoms with Gasteiger partial charge in [0.2, 0.25) is 5.91 Å². The number of rotatable bonds is 5. The number of amides is 2. The van der Waals surface area contributed by atoms with Crippen LogP contribution in [0.25, 0.3) is 0 Å². The average Bonchev–Trinajstić information content (AvgIpc) is 2.92. The third kappa shape index (κ3) is 3.96. The summed E-state index contributed by atoms with van der Waals surface area (Å²) in [7, 11) is 0. The molecule has 2 rings (SSSR count). The molecule has 0 aromatic heterocycles. The molecule has 1 aromatic rings. The monoisotopic (exact) mass is 263 g/mol. The van der Waals surface area contributed by atoms with Crippen LogP contribution in [0.1, 0.15) is 12.8 Å². The van der Waals surface area contributed by atoms with Crippen LogP contribution < -0.4 is 21.1 Å². The van der Waals surface area contributed by atoms with Gasteiger partial charge in [0.05, 0.1) is 6.04 Å². The Morgan fingerprint density at radius 2 is 2.11 bits per heavy atom. The first-order valence-electron chi connectivity index (χ1n) is 6.20. The zero-order valence-electron chi connectivity index (χ0n) is 10.5. The number of carbonyl (C=O) groups is 2. The van der Waals surface area contributed by atoms with Crippen molar-refractivity contribution in [3.63, 3.8) is 0 Å². The van der Waals surface area contributed by atoms with Gasteiger partial charge in [-0.2, -0.15) is 0 Å². The van der Waals surface area contributed by atoms with E-state index in [2.05, 4.69) is 10.6 Å². The summed E-state index contributed by atoms with van der Waals surface area (Å²) in [5, 5.41) is 5.96. The van der Waals surface area contributed by atoms with Crippen LogP contribution in [0.5, 0.6) is 5.75 Å². The van der Waals surface area contributed by atoms with Crippen LogP contribution in [0.2, 0.25) is 0 Å². The Kier molecular flexibility index (Phi) is 4.35. The topological polar surface area (TPSA) is 93.5 Å². The highest BCUT2D eigenvalue weighted by Crippen LogP contribution is 2.16. The van der Waals surface area contributed by atoms with Crippen LogP contribution in [0.4, 0.5) is 5.69 Å². The largest absolute Gasteiger partial charge is 0.484 e. The SMILES string of the molecule is NC(=O)COc1ccc(NC(=O)C2CCCN2)cc1. The maximum Gasteiger partial charge on any atom is 0.255 e. The van der Waals surface area contributed by atoms with Crippen LogP contribution in [0, 0.1) is 0 Å². The fourth-order valence-corrected chi connectivity index (χ4v) is 1.93. The standard InChI is InChI=1S/C13H17N3O3/c14-12(17)8-19-10-5-3-9(4-6-10)16-13(18)11-2-1-7-15-11/h3-6,11,15H,1-2,7-8H2,(H2,14,17)(H,16,18). The van der Waals surface area contributed by atoms with Gasteiger partial charge in [0.15, 0.2) is 6.61 Å². The van der Waals surface area contributed by atoms with Crippen molar-refractivity contribution in [2.45, 2.75) is 18.9 Å². The summed E-state index contributed by atoms with van der Waals surface area (Å²) >= 11 is 0. The van der Waals surface area contributed by atoms with Crippen LogP contribution >= 0.6 is 0 Å². The second kappa shape index (κ2) is 6.19. The molecule has 0 aliphatic carbocycles. The third-order valence-electron chi connectivity index (χ3n) is 2.88. The number of primary amides is 1. The third-order valence-corrected chi connectivity index (χ3v) is 2.88. The summed E-state index contributed by atoms with van der Waals surface area (Å²) < 4.78 is 5.13. The minimum absolute atomic E-state index is 0.0247. The average molecular weight is 263 g/mol. The molecule has 19 heavy (non-hydrogen) atoms. The maximum absolute atomic E-state index is 11.8. The van der Waals surface area contributed by atoms with Crippen molar-refractivity contribution < 1.29 is 14.3 Å². The first kappa shape index (κ1) is 13.4. The summed E-state index contributed by atoms with van der Waals surface area (Å²) in [6.07, 6.45) is 1.89. The molecule has 1 saturated heterocycles. The number of hydrogen-bond acceptors (Lipinski definition) is 4. The molecule has 0 bridgehead atoms. The Labute approximate surface area is 111 Å². The summed E-state index contributed by atoms with van der Waals surface area (Å²) in [6.45, 7) is 0.732. The number of hydrogen-bond donors (Lipinski definition) is 3. The molecule has 6 nitrogen and oxygen atoms in total. The van der Waals surface area contributed by atoms with Gasteiger partial charge in [-0.3, -0.25) is 9.59 Å². The second-order valence-corrected chi connectivity index (χ2v) is 4.42. The van der Waals surface area contributed by atoms with E-state index in [0.717, 1.165) is 19.4 Å². The Bertz CT molecular complexity index is 453. The fourth-order valence-electron chi connectivity index (χ4n) is 1.93. The van der Waals surface area contributed by atoms with Gasteiger partial charge in [0, 0.05) is 5.69 Å². The molecule has 1 aliphatic heterocycles. The zero-order chi connectivity index (χ0) is 13.7. The van der Waals surface area contributed by atoms with Gasteiger partial charge in [0.1, 0.15) is 5.75 Å². The number of anilines is 1. The van der Waals surface area contributed by atoms with Gasteiger partial charge < -0.3 is 21.1 Å². The van der Waals surface area contributed by atoms with Crippen LogP contribution in [-0.2, 0) is 9.59 Å². The molecule has 1 aliphatic rings. The van der Waals surface area contributed by atoms with Gasteiger partial charge in [-0.05, 0) is 43.7 Å². The molecule has 0 radical (unpaired) electrons. The summed E-state index contributed by atoms with van der Waals surface area (Å²) in [5.41, 5.74) is 5.68. The molecule has 4 N–H and O–H groups in total. The van der Waals surface area contributed by atoms with Crippen LogP contribution in [0.3, 0.4) is 0 Å². The van der Waals surface area contributed by atoms with Crippen molar-refractivity contribution in [2.75, 3.05) is 18.5 Å². The van der Waals surface area contributed by atoms with Gasteiger partial charge in [-0.15, -0.1) is 0 Å². The number of nitrogens with two attached hydrogens (primary N) is 1. The molecule has 6 heteroatoms. The van der Waals surface area contributed by atoms with Crippen molar-refractivity contribution in [3.05, 3.63) is 24.3 Å². The molecule has 1 aromatic carbocycles. The number of carbonyl (C=O) groups excluding carboxylic acids is 2. The van der Waals surface area contributed by atoms with Gasteiger partial charge in [0.25, 0.3) is 5.91 Å². The summed E-state index contributed by atoms with van der Waals surface area (Å²) in [5.74, 6) is -0.0104. The minimum atomic E-state index is -0.523. The lowest BCUT2D eigenvalue weighted by molar-refractivity contribution is -0.120. The molecule has 2 amide bonds. The van der Waals surface area contributed by atoms with Crippen molar-refractivity contribution in [2.24, 2.45) is 5.73 Å². The second-order valence-electron chi connectivity index (χ2n) is 4.42. The Balaban J connectivity index is 1.87. The van der Waals surface area contributed by atoms with Gasteiger partial charge >= 0.3 is 0 Å².